The highest BCUT2D eigenvalue weighted by Crippen LogP contribution is 2.16. The highest BCUT2D eigenvalue weighted by molar-refractivity contribution is 5.94. The van der Waals surface area contributed by atoms with Gasteiger partial charge < -0.3 is 20.3 Å². The number of ether oxygens (including phenoxy) is 1. The molecule has 2 aromatic rings. The first kappa shape index (κ1) is 18.5. The number of hydrogen-bond donors (Lipinski definition) is 3. The van der Waals surface area contributed by atoms with Crippen molar-refractivity contribution >= 4 is 23.2 Å². The van der Waals surface area contributed by atoms with Gasteiger partial charge in [-0.25, -0.2) is 0 Å². The third-order valence-corrected chi connectivity index (χ3v) is 3.97. The van der Waals surface area contributed by atoms with Crippen LogP contribution < -0.4 is 20.3 Å². The van der Waals surface area contributed by atoms with Crippen LogP contribution in [0.25, 0.3) is 0 Å². The minimum atomic E-state index is -0.365. The fourth-order valence-electron chi connectivity index (χ4n) is 2.31. The molecule has 132 valence electrons. The lowest BCUT2D eigenvalue weighted by atomic mass is 10.2. The maximum atomic E-state index is 12.3. The van der Waals surface area contributed by atoms with E-state index in [2.05, 4.69) is 10.6 Å². The van der Waals surface area contributed by atoms with Crippen molar-refractivity contribution in [2.45, 2.75) is 13.0 Å². The van der Waals surface area contributed by atoms with Crippen LogP contribution in [-0.2, 0) is 9.59 Å². The van der Waals surface area contributed by atoms with E-state index in [9.17, 15) is 9.59 Å². The van der Waals surface area contributed by atoms with Gasteiger partial charge in [-0.1, -0.05) is 24.3 Å². The smallest absolute Gasteiger partial charge is 0.282 e. The first-order valence-electron chi connectivity index (χ1n) is 8.11. The molecule has 2 amide bonds. The molecular formula is C19H24N3O3+. The maximum Gasteiger partial charge on any atom is 0.282 e. The van der Waals surface area contributed by atoms with Gasteiger partial charge in [-0.3, -0.25) is 9.59 Å². The average molecular weight is 342 g/mol. The summed E-state index contributed by atoms with van der Waals surface area (Å²) in [7, 11) is 3.40. The summed E-state index contributed by atoms with van der Waals surface area (Å²) in [6.45, 7) is 1.98. The summed E-state index contributed by atoms with van der Waals surface area (Å²) in [5.74, 6) is 0.386. The summed E-state index contributed by atoms with van der Waals surface area (Å²) >= 11 is 0. The number of carbonyl (C=O) groups is 2. The fourth-order valence-corrected chi connectivity index (χ4v) is 2.31. The van der Waals surface area contributed by atoms with Crippen LogP contribution in [-0.4, -0.2) is 38.6 Å². The third kappa shape index (κ3) is 5.61. The van der Waals surface area contributed by atoms with Gasteiger partial charge in [-0.05, 0) is 31.2 Å². The number of anilines is 2. The average Bonchev–Trinajstić information content (AvgIpc) is 2.61. The van der Waals surface area contributed by atoms with Crippen LogP contribution in [0.4, 0.5) is 11.4 Å². The number of amides is 2. The molecular weight excluding hydrogens is 318 g/mol. The van der Waals surface area contributed by atoms with Crippen molar-refractivity contribution in [1.82, 2.24) is 0 Å². The van der Waals surface area contributed by atoms with Crippen molar-refractivity contribution in [3.63, 3.8) is 0 Å². The highest BCUT2D eigenvalue weighted by atomic mass is 16.5. The van der Waals surface area contributed by atoms with E-state index in [1.54, 1.807) is 32.2 Å². The molecule has 0 aliphatic rings. The third-order valence-electron chi connectivity index (χ3n) is 3.97. The van der Waals surface area contributed by atoms with Gasteiger partial charge in [0.1, 0.15) is 5.75 Å². The molecule has 1 unspecified atom stereocenters. The lowest BCUT2D eigenvalue weighted by Crippen LogP contribution is -3.14. The molecule has 0 radical (unpaired) electrons. The summed E-state index contributed by atoms with van der Waals surface area (Å²) in [5.41, 5.74) is 1.41. The molecule has 0 heterocycles. The molecule has 2 rings (SSSR count). The molecule has 0 spiro atoms. The van der Waals surface area contributed by atoms with E-state index in [-0.39, 0.29) is 24.4 Å². The predicted octanol–water partition coefficient (Wildman–Crippen LogP) is 1.18. The van der Waals surface area contributed by atoms with Crippen LogP contribution in [0.5, 0.6) is 5.75 Å². The van der Waals surface area contributed by atoms with E-state index in [4.69, 9.17) is 4.74 Å². The van der Waals surface area contributed by atoms with Crippen LogP contribution in [0.2, 0.25) is 0 Å². The van der Waals surface area contributed by atoms with E-state index >= 15 is 0 Å². The Bertz CT molecular complexity index is 719. The summed E-state index contributed by atoms with van der Waals surface area (Å²) in [5, 5.41) is 5.67. The standard InChI is InChI=1S/C19H23N3O3/c1-14(19(24)21-15-8-5-4-6-9-15)22(2)13-18(23)20-16-10-7-11-17(12-16)25-3/h4-12,14H,13H2,1-3H3,(H,20,23)(H,21,24)/p+1/t14-/m0/s1. The normalized spacial score (nSPS) is 12.8. The molecule has 0 saturated heterocycles. The first-order chi connectivity index (χ1) is 12.0. The van der Waals surface area contributed by atoms with Crippen LogP contribution in [0.15, 0.2) is 54.6 Å². The lowest BCUT2D eigenvalue weighted by Gasteiger charge is -2.20. The van der Waals surface area contributed by atoms with E-state index in [0.717, 1.165) is 10.6 Å². The quantitative estimate of drug-likeness (QED) is 0.707. The Morgan fingerprint density at radius 2 is 1.72 bits per heavy atom. The topological polar surface area (TPSA) is 71.9 Å². The molecule has 25 heavy (non-hydrogen) atoms. The number of rotatable bonds is 7. The number of likely N-dealkylation sites (N-methyl/N-ethyl adjacent to an activating group) is 1. The Labute approximate surface area is 147 Å². The molecule has 3 N–H and O–H groups in total. The molecule has 6 nitrogen and oxygen atoms in total. The van der Waals surface area contributed by atoms with Gasteiger partial charge in [-0.2, -0.15) is 0 Å². The zero-order valence-corrected chi connectivity index (χ0v) is 14.7. The van der Waals surface area contributed by atoms with Crippen molar-refractivity contribution in [3.05, 3.63) is 54.6 Å². The van der Waals surface area contributed by atoms with Crippen molar-refractivity contribution in [2.75, 3.05) is 31.3 Å². The molecule has 2 atom stereocenters. The summed E-state index contributed by atoms with van der Waals surface area (Å²) in [6, 6.07) is 16.1. The van der Waals surface area contributed by atoms with Crippen LogP contribution >= 0.6 is 0 Å². The number of para-hydroxylation sites is 1. The predicted molar refractivity (Wildman–Crippen MR) is 97.9 cm³/mol. The van der Waals surface area contributed by atoms with Crippen LogP contribution in [0.1, 0.15) is 6.92 Å². The molecule has 2 aromatic carbocycles. The van der Waals surface area contributed by atoms with Gasteiger partial charge in [0.15, 0.2) is 12.6 Å². The van der Waals surface area contributed by atoms with Gasteiger partial charge in [0.25, 0.3) is 11.8 Å². The lowest BCUT2D eigenvalue weighted by molar-refractivity contribution is -0.885. The largest absolute Gasteiger partial charge is 0.497 e. The van der Waals surface area contributed by atoms with Gasteiger partial charge in [0.2, 0.25) is 0 Å². The van der Waals surface area contributed by atoms with Crippen molar-refractivity contribution in [2.24, 2.45) is 0 Å². The Balaban J connectivity index is 1.87. The molecule has 0 saturated carbocycles. The zero-order valence-electron chi connectivity index (χ0n) is 14.7. The molecule has 0 aliphatic carbocycles. The van der Waals surface area contributed by atoms with Crippen molar-refractivity contribution < 1.29 is 19.2 Å². The highest BCUT2D eigenvalue weighted by Gasteiger charge is 2.24. The van der Waals surface area contributed by atoms with E-state index in [0.29, 0.717) is 11.4 Å². The van der Waals surface area contributed by atoms with Crippen LogP contribution in [0, 0.1) is 0 Å². The monoisotopic (exact) mass is 342 g/mol. The number of methoxy groups -OCH3 is 1. The Morgan fingerprint density at radius 3 is 2.40 bits per heavy atom. The van der Waals surface area contributed by atoms with Crippen molar-refractivity contribution in [3.8, 4) is 5.75 Å². The van der Waals surface area contributed by atoms with E-state index in [1.807, 2.05) is 43.4 Å². The van der Waals surface area contributed by atoms with Gasteiger partial charge >= 0.3 is 0 Å². The van der Waals surface area contributed by atoms with Crippen molar-refractivity contribution in [1.29, 1.82) is 0 Å². The molecule has 6 heteroatoms. The van der Waals surface area contributed by atoms with Gasteiger partial charge in [-0.15, -0.1) is 0 Å². The Hall–Kier alpha value is -2.86. The SMILES string of the molecule is COc1cccc(NC(=O)C[NH+](C)[C@@H](C)C(=O)Nc2ccccc2)c1. The Kier molecular flexibility index (Phi) is 6.54. The molecule has 0 aromatic heterocycles. The maximum absolute atomic E-state index is 12.3. The second-order valence-electron chi connectivity index (χ2n) is 5.88. The van der Waals surface area contributed by atoms with Gasteiger partial charge in [0, 0.05) is 17.4 Å². The second-order valence-corrected chi connectivity index (χ2v) is 5.88. The number of nitrogens with one attached hydrogen (secondary N) is 3. The first-order valence-corrected chi connectivity index (χ1v) is 8.11. The summed E-state index contributed by atoms with van der Waals surface area (Å²) < 4.78 is 5.13. The molecule has 0 bridgehead atoms. The van der Waals surface area contributed by atoms with E-state index < -0.39 is 0 Å². The minimum absolute atomic E-state index is 0.127. The van der Waals surface area contributed by atoms with Crippen LogP contribution in [0.3, 0.4) is 0 Å². The molecule has 0 aliphatic heterocycles. The minimum Gasteiger partial charge on any atom is -0.497 e. The second kappa shape index (κ2) is 8.84. The zero-order chi connectivity index (χ0) is 18.2. The molecule has 0 fully saturated rings. The summed E-state index contributed by atoms with van der Waals surface area (Å²) in [4.78, 5) is 25.3. The fraction of sp³-hybridized carbons (Fsp3) is 0.263. The number of quaternary nitrogens is 1. The number of hydrogen-bond acceptors (Lipinski definition) is 3. The Morgan fingerprint density at radius 1 is 1.04 bits per heavy atom. The van der Waals surface area contributed by atoms with Gasteiger partial charge in [0.05, 0.1) is 14.2 Å². The number of benzene rings is 2. The van der Waals surface area contributed by atoms with E-state index in [1.165, 1.54) is 0 Å². The summed E-state index contributed by atoms with van der Waals surface area (Å²) in [6.07, 6.45) is 0. The number of carbonyl (C=O) groups excluding carboxylic acids is 2.